The second kappa shape index (κ2) is 9.60. The molecule has 1 heterocycles. The molecule has 0 radical (unpaired) electrons. The molecule has 33 heavy (non-hydrogen) atoms. The highest BCUT2D eigenvalue weighted by atomic mass is 35.5. The fourth-order valence-corrected chi connectivity index (χ4v) is 3.86. The van der Waals surface area contributed by atoms with Crippen LogP contribution in [0.2, 0.25) is 10.0 Å². The summed E-state index contributed by atoms with van der Waals surface area (Å²) in [5, 5.41) is 2.75. The minimum atomic E-state index is -0.670. The van der Waals surface area contributed by atoms with E-state index in [0.29, 0.717) is 11.1 Å². The quantitative estimate of drug-likeness (QED) is 0.344. The van der Waals surface area contributed by atoms with E-state index >= 15 is 0 Å². The van der Waals surface area contributed by atoms with Crippen LogP contribution < -0.4 is 10.1 Å². The lowest BCUT2D eigenvalue weighted by molar-refractivity contribution is -0.123. The van der Waals surface area contributed by atoms with Crippen LogP contribution in [0.25, 0.3) is 6.08 Å². The Bertz CT molecular complexity index is 1260. The van der Waals surface area contributed by atoms with Crippen molar-refractivity contribution in [1.29, 1.82) is 0 Å². The van der Waals surface area contributed by atoms with Crippen LogP contribution in [0.4, 0.5) is 13.6 Å². The van der Waals surface area contributed by atoms with Crippen LogP contribution >= 0.6 is 23.2 Å². The third-order valence-corrected chi connectivity index (χ3v) is 5.47. The average Bonchev–Trinajstić information content (AvgIpc) is 3.03. The van der Waals surface area contributed by atoms with Crippen molar-refractivity contribution in [3.63, 3.8) is 0 Å². The van der Waals surface area contributed by atoms with Crippen LogP contribution in [0.3, 0.4) is 0 Å². The molecule has 0 saturated carbocycles. The molecular weight excluding hydrogens is 473 g/mol. The van der Waals surface area contributed by atoms with Gasteiger partial charge in [0, 0.05) is 11.1 Å². The number of nitrogens with zero attached hydrogens (tertiary/aromatic N) is 1. The maximum absolute atomic E-state index is 13.9. The van der Waals surface area contributed by atoms with E-state index in [9.17, 15) is 18.4 Å². The van der Waals surface area contributed by atoms with E-state index in [1.54, 1.807) is 24.3 Å². The van der Waals surface area contributed by atoms with Gasteiger partial charge in [0.1, 0.15) is 23.9 Å². The average molecular weight is 489 g/mol. The van der Waals surface area contributed by atoms with Gasteiger partial charge in [-0.05, 0) is 35.9 Å². The summed E-state index contributed by atoms with van der Waals surface area (Å²) in [5.74, 6) is -1.39. The fraction of sp³-hybridized carbons (Fsp3) is 0.0833. The Morgan fingerprint density at radius 3 is 2.09 bits per heavy atom. The van der Waals surface area contributed by atoms with Crippen molar-refractivity contribution in [3.05, 3.63) is 105 Å². The van der Waals surface area contributed by atoms with Crippen LogP contribution in [-0.2, 0) is 17.9 Å². The number of urea groups is 1. The SMILES string of the molecule is O=C1N/C(=C/c2cc(Cl)c(OCc3ccccc3F)c(Cl)c2)C(=O)N1Cc1ccccc1F. The van der Waals surface area contributed by atoms with Crippen molar-refractivity contribution in [1.82, 2.24) is 10.2 Å². The number of halogens is 4. The lowest BCUT2D eigenvalue weighted by Gasteiger charge is -2.12. The van der Waals surface area contributed by atoms with Crippen molar-refractivity contribution >= 4 is 41.2 Å². The Morgan fingerprint density at radius 1 is 0.909 bits per heavy atom. The van der Waals surface area contributed by atoms with Gasteiger partial charge in [-0.15, -0.1) is 0 Å². The van der Waals surface area contributed by atoms with Gasteiger partial charge in [-0.2, -0.15) is 0 Å². The molecule has 9 heteroatoms. The molecule has 0 aromatic heterocycles. The van der Waals surface area contributed by atoms with Crippen LogP contribution in [0, 0.1) is 11.6 Å². The van der Waals surface area contributed by atoms with E-state index in [0.717, 1.165) is 4.90 Å². The van der Waals surface area contributed by atoms with Gasteiger partial charge in [-0.25, -0.2) is 13.6 Å². The van der Waals surface area contributed by atoms with Gasteiger partial charge in [0.05, 0.1) is 16.6 Å². The number of ether oxygens (including phenoxy) is 1. The fourth-order valence-electron chi connectivity index (χ4n) is 3.24. The monoisotopic (exact) mass is 488 g/mol. The first-order chi connectivity index (χ1) is 15.8. The molecule has 4 rings (SSSR count). The van der Waals surface area contributed by atoms with Gasteiger partial charge >= 0.3 is 6.03 Å². The molecular formula is C24H16Cl2F2N2O3. The number of imide groups is 1. The van der Waals surface area contributed by atoms with Crippen molar-refractivity contribution < 1.29 is 23.1 Å². The summed E-state index contributed by atoms with van der Waals surface area (Å²) >= 11 is 12.6. The summed E-state index contributed by atoms with van der Waals surface area (Å²) < 4.78 is 33.3. The van der Waals surface area contributed by atoms with Gasteiger partial charge in [-0.3, -0.25) is 9.69 Å². The first-order valence-corrected chi connectivity index (χ1v) is 10.5. The van der Waals surface area contributed by atoms with Gasteiger partial charge in [-0.1, -0.05) is 59.6 Å². The largest absolute Gasteiger partial charge is 0.486 e. The number of hydrogen-bond donors (Lipinski definition) is 1. The molecule has 1 fully saturated rings. The number of benzene rings is 3. The zero-order valence-corrected chi connectivity index (χ0v) is 18.5. The van der Waals surface area contributed by atoms with Gasteiger partial charge in [0.2, 0.25) is 0 Å². The molecule has 3 amide bonds. The number of nitrogens with one attached hydrogen (secondary N) is 1. The number of rotatable bonds is 6. The molecule has 0 unspecified atom stereocenters. The van der Waals surface area contributed by atoms with Crippen molar-refractivity contribution in [3.8, 4) is 5.75 Å². The summed E-state index contributed by atoms with van der Waals surface area (Å²) in [7, 11) is 0. The normalized spacial score (nSPS) is 14.7. The second-order valence-corrected chi connectivity index (χ2v) is 7.98. The Hall–Kier alpha value is -3.42. The molecule has 3 aromatic carbocycles. The van der Waals surface area contributed by atoms with Crippen LogP contribution in [0.5, 0.6) is 5.75 Å². The van der Waals surface area contributed by atoms with Crippen LogP contribution in [0.15, 0.2) is 66.4 Å². The molecule has 1 N–H and O–H groups in total. The first kappa shape index (κ1) is 22.8. The minimum Gasteiger partial charge on any atom is -0.486 e. The molecule has 0 spiro atoms. The highest BCUT2D eigenvalue weighted by molar-refractivity contribution is 6.37. The Labute approximate surface area is 198 Å². The van der Waals surface area contributed by atoms with E-state index in [1.165, 1.54) is 42.5 Å². The summed E-state index contributed by atoms with van der Waals surface area (Å²) in [4.78, 5) is 25.9. The maximum atomic E-state index is 13.9. The predicted octanol–water partition coefficient (Wildman–Crippen LogP) is 5.94. The van der Waals surface area contributed by atoms with E-state index in [-0.39, 0.29) is 40.2 Å². The molecule has 1 aliphatic rings. The smallest absolute Gasteiger partial charge is 0.329 e. The van der Waals surface area contributed by atoms with Gasteiger partial charge in [0.15, 0.2) is 5.75 Å². The zero-order valence-electron chi connectivity index (χ0n) is 16.9. The Morgan fingerprint density at radius 2 is 1.48 bits per heavy atom. The summed E-state index contributed by atoms with van der Waals surface area (Å²) in [6, 6.07) is 14.4. The highest BCUT2D eigenvalue weighted by Gasteiger charge is 2.34. The van der Waals surface area contributed by atoms with E-state index in [4.69, 9.17) is 27.9 Å². The van der Waals surface area contributed by atoms with Crippen molar-refractivity contribution in [2.24, 2.45) is 0 Å². The second-order valence-electron chi connectivity index (χ2n) is 7.16. The predicted molar refractivity (Wildman–Crippen MR) is 121 cm³/mol. The molecule has 0 bridgehead atoms. The van der Waals surface area contributed by atoms with Crippen LogP contribution in [0.1, 0.15) is 16.7 Å². The first-order valence-electron chi connectivity index (χ1n) is 9.76. The van der Waals surface area contributed by atoms with Gasteiger partial charge < -0.3 is 10.1 Å². The number of amides is 3. The topological polar surface area (TPSA) is 58.6 Å². The third kappa shape index (κ3) is 4.99. The molecule has 5 nitrogen and oxygen atoms in total. The minimum absolute atomic E-state index is 0.0107. The van der Waals surface area contributed by atoms with Crippen molar-refractivity contribution in [2.75, 3.05) is 0 Å². The van der Waals surface area contributed by atoms with Gasteiger partial charge in [0.25, 0.3) is 5.91 Å². The summed E-state index contributed by atoms with van der Waals surface area (Å²) in [5.41, 5.74) is 0.970. The zero-order chi connectivity index (χ0) is 23.5. The lowest BCUT2D eigenvalue weighted by Crippen LogP contribution is -2.30. The molecule has 3 aromatic rings. The molecule has 0 aliphatic carbocycles. The summed E-state index contributed by atoms with van der Waals surface area (Å²) in [6.07, 6.45) is 1.40. The molecule has 168 valence electrons. The number of hydrogen-bond acceptors (Lipinski definition) is 3. The third-order valence-electron chi connectivity index (χ3n) is 4.91. The summed E-state index contributed by atoms with van der Waals surface area (Å²) in [6.45, 7) is -0.287. The van der Waals surface area contributed by atoms with Crippen LogP contribution in [-0.4, -0.2) is 16.8 Å². The molecule has 0 atom stereocenters. The van der Waals surface area contributed by atoms with E-state index < -0.39 is 23.6 Å². The van der Waals surface area contributed by atoms with E-state index in [2.05, 4.69) is 5.32 Å². The van der Waals surface area contributed by atoms with E-state index in [1.807, 2.05) is 0 Å². The number of carbonyl (C=O) groups excluding carboxylic acids is 2. The van der Waals surface area contributed by atoms with Crippen molar-refractivity contribution in [2.45, 2.75) is 13.2 Å². The highest BCUT2D eigenvalue weighted by Crippen LogP contribution is 2.35. The molecule has 1 saturated heterocycles. The lowest BCUT2D eigenvalue weighted by atomic mass is 10.1. The number of carbonyl (C=O) groups is 2. The molecule has 1 aliphatic heterocycles. The Kier molecular flexibility index (Phi) is 6.62. The maximum Gasteiger partial charge on any atom is 0.329 e. The standard InChI is InChI=1S/C24H16Cl2F2N2O3/c25-17-9-14(10-18(26)22(17)33-13-16-6-2-4-8-20(16)28)11-21-23(31)30(24(32)29-21)12-15-5-1-3-7-19(15)27/h1-11H,12-13H2,(H,29,32)/b21-11+. The Balaban J connectivity index is 1.52.